The van der Waals surface area contributed by atoms with Crippen LogP contribution in [-0.2, 0) is 9.59 Å². The quantitative estimate of drug-likeness (QED) is 0.330. The molecule has 0 spiro atoms. The molecule has 4 amide bonds. The number of barbiturate groups is 1. The van der Waals surface area contributed by atoms with Gasteiger partial charge in [-0.05, 0) is 61.9 Å². The van der Waals surface area contributed by atoms with Crippen molar-refractivity contribution in [1.29, 1.82) is 0 Å². The number of benzene rings is 3. The van der Waals surface area contributed by atoms with Crippen molar-refractivity contribution in [3.63, 3.8) is 0 Å². The maximum absolute atomic E-state index is 12.9. The Labute approximate surface area is 190 Å². The maximum Gasteiger partial charge on any atom is 0.335 e. The van der Waals surface area contributed by atoms with Crippen LogP contribution in [0.15, 0.2) is 88.0 Å². The van der Waals surface area contributed by atoms with Gasteiger partial charge in [-0.1, -0.05) is 35.9 Å². The summed E-state index contributed by atoms with van der Waals surface area (Å²) >= 11 is 0. The third-order valence-electron chi connectivity index (χ3n) is 5.10. The number of carbonyl (C=O) groups is 3. The van der Waals surface area contributed by atoms with E-state index in [9.17, 15) is 14.4 Å². The number of aliphatic imine (C=N–C) groups is 1. The Bertz CT molecular complexity index is 1260. The predicted molar refractivity (Wildman–Crippen MR) is 126 cm³/mol. The Morgan fingerprint density at radius 1 is 0.788 bits per heavy atom. The number of hydrogen-bond acceptors (Lipinski definition) is 6. The Morgan fingerprint density at radius 3 is 2.00 bits per heavy atom. The molecule has 33 heavy (non-hydrogen) atoms. The van der Waals surface area contributed by atoms with Crippen molar-refractivity contribution in [3.8, 4) is 0 Å². The van der Waals surface area contributed by atoms with Crippen molar-refractivity contribution in [3.05, 3.63) is 83.9 Å². The van der Waals surface area contributed by atoms with E-state index in [1.807, 2.05) is 31.2 Å². The van der Waals surface area contributed by atoms with E-state index < -0.39 is 23.8 Å². The number of urea groups is 1. The van der Waals surface area contributed by atoms with Crippen LogP contribution in [0.3, 0.4) is 0 Å². The average Bonchev–Trinajstić information content (AvgIpc) is 2.80. The van der Waals surface area contributed by atoms with Crippen molar-refractivity contribution >= 4 is 46.8 Å². The van der Waals surface area contributed by atoms with Crippen LogP contribution in [0.2, 0.25) is 0 Å². The molecule has 0 radical (unpaired) electrons. The lowest BCUT2D eigenvalue weighted by Gasteiger charge is -2.29. The molecule has 1 N–H and O–H groups in total. The van der Waals surface area contributed by atoms with E-state index in [4.69, 9.17) is 0 Å². The van der Waals surface area contributed by atoms with Crippen molar-refractivity contribution < 1.29 is 14.4 Å². The van der Waals surface area contributed by atoms with Gasteiger partial charge in [-0.15, -0.1) is 0 Å². The van der Waals surface area contributed by atoms with Crippen LogP contribution in [0, 0.1) is 19.8 Å². The first-order valence-electron chi connectivity index (χ1n) is 10.3. The van der Waals surface area contributed by atoms with Gasteiger partial charge in [0.15, 0.2) is 5.92 Å². The molecular weight excluding hydrogens is 418 g/mol. The number of carbonyl (C=O) groups excluding carboxylic acids is 3. The number of aryl methyl sites for hydroxylation is 2. The van der Waals surface area contributed by atoms with Crippen LogP contribution in [0.5, 0.6) is 0 Å². The molecule has 0 unspecified atom stereocenters. The van der Waals surface area contributed by atoms with Crippen LogP contribution >= 0.6 is 0 Å². The van der Waals surface area contributed by atoms with Crippen molar-refractivity contribution in [2.75, 3.05) is 4.90 Å². The topological polar surface area (TPSA) is 104 Å². The number of amides is 4. The monoisotopic (exact) mass is 439 g/mol. The van der Waals surface area contributed by atoms with Gasteiger partial charge < -0.3 is 0 Å². The highest BCUT2D eigenvalue weighted by molar-refractivity contribution is 6.32. The normalized spacial score (nSPS) is 16.6. The molecule has 1 aliphatic rings. The molecule has 0 saturated carbocycles. The Balaban J connectivity index is 1.49. The van der Waals surface area contributed by atoms with Gasteiger partial charge in [-0.2, -0.15) is 10.2 Å². The van der Waals surface area contributed by atoms with Crippen molar-refractivity contribution in [2.24, 2.45) is 21.1 Å². The number of hydrogen-bond donors (Lipinski definition) is 1. The highest BCUT2D eigenvalue weighted by Crippen LogP contribution is 2.25. The van der Waals surface area contributed by atoms with Crippen LogP contribution < -0.4 is 10.2 Å². The molecule has 3 aromatic rings. The second-order valence-corrected chi connectivity index (χ2v) is 7.56. The first-order chi connectivity index (χ1) is 15.9. The molecule has 4 rings (SSSR count). The maximum atomic E-state index is 12.9. The number of nitrogens with one attached hydrogen (secondary N) is 1. The summed E-state index contributed by atoms with van der Waals surface area (Å²) in [5, 5.41) is 10.6. The number of para-hydroxylation sites is 1. The zero-order chi connectivity index (χ0) is 23.4. The standard InChI is InChI=1S/C25H21N5O3/c1-16-7-9-19(10-8-16)28-29-20-13-11-18(12-14-20)26-15-21-23(31)27-25(33)30(24(21)32)22-6-4-3-5-17(22)2/h3-15,21H,1-2H3,(H,27,31,33)/t21-/m1/s1. The highest BCUT2D eigenvalue weighted by atomic mass is 16.2. The fraction of sp³-hybridized carbons (Fsp3) is 0.120. The summed E-state index contributed by atoms with van der Waals surface area (Å²) in [6.45, 7) is 3.79. The molecule has 8 nitrogen and oxygen atoms in total. The van der Waals surface area contributed by atoms with Gasteiger partial charge in [0.2, 0.25) is 5.91 Å². The molecule has 1 heterocycles. The van der Waals surface area contributed by atoms with E-state index in [0.717, 1.165) is 21.7 Å². The molecule has 0 aliphatic carbocycles. The first kappa shape index (κ1) is 21.8. The van der Waals surface area contributed by atoms with E-state index in [1.54, 1.807) is 55.5 Å². The molecule has 3 aromatic carbocycles. The summed E-state index contributed by atoms with van der Waals surface area (Å²) in [6, 6.07) is 20.8. The summed E-state index contributed by atoms with van der Waals surface area (Å²) in [7, 11) is 0. The number of rotatable bonds is 5. The number of imide groups is 2. The lowest BCUT2D eigenvalue weighted by Crippen LogP contribution is -2.58. The molecule has 1 fully saturated rings. The smallest absolute Gasteiger partial charge is 0.276 e. The van der Waals surface area contributed by atoms with Gasteiger partial charge in [-0.25, -0.2) is 9.69 Å². The van der Waals surface area contributed by atoms with E-state index >= 15 is 0 Å². The molecule has 1 aliphatic heterocycles. The van der Waals surface area contributed by atoms with E-state index in [1.165, 1.54) is 6.21 Å². The Kier molecular flexibility index (Phi) is 6.17. The van der Waals surface area contributed by atoms with Crippen LogP contribution in [0.1, 0.15) is 11.1 Å². The van der Waals surface area contributed by atoms with Crippen LogP contribution in [0.25, 0.3) is 0 Å². The Hall–Kier alpha value is -4.46. The minimum atomic E-state index is -1.22. The van der Waals surface area contributed by atoms with E-state index in [2.05, 4.69) is 20.5 Å². The number of nitrogens with zero attached hydrogens (tertiary/aromatic N) is 4. The van der Waals surface area contributed by atoms with Crippen molar-refractivity contribution in [2.45, 2.75) is 13.8 Å². The zero-order valence-electron chi connectivity index (χ0n) is 18.1. The Morgan fingerprint density at radius 2 is 1.36 bits per heavy atom. The lowest BCUT2D eigenvalue weighted by molar-refractivity contribution is -0.131. The number of anilines is 1. The summed E-state index contributed by atoms with van der Waals surface area (Å²) < 4.78 is 0. The van der Waals surface area contributed by atoms with Gasteiger partial charge in [0.05, 0.1) is 22.7 Å². The minimum Gasteiger partial charge on any atom is -0.276 e. The SMILES string of the molecule is Cc1ccc(N=Nc2ccc(N=C[C@@H]3C(=O)NC(=O)N(c4ccccc4C)C3=O)cc2)cc1. The molecule has 1 saturated heterocycles. The summed E-state index contributed by atoms with van der Waals surface area (Å²) in [6.07, 6.45) is 1.25. The lowest BCUT2D eigenvalue weighted by atomic mass is 10.0. The summed E-state index contributed by atoms with van der Waals surface area (Å²) in [4.78, 5) is 42.8. The predicted octanol–water partition coefficient (Wildman–Crippen LogP) is 5.32. The fourth-order valence-electron chi connectivity index (χ4n) is 3.26. The molecule has 8 heteroatoms. The summed E-state index contributed by atoms with van der Waals surface area (Å²) in [5.41, 5.74) is 4.22. The molecule has 0 bridgehead atoms. The van der Waals surface area contributed by atoms with Gasteiger partial charge in [0.25, 0.3) is 5.91 Å². The largest absolute Gasteiger partial charge is 0.335 e. The fourth-order valence-corrected chi connectivity index (χ4v) is 3.26. The van der Waals surface area contributed by atoms with Gasteiger partial charge in [-0.3, -0.25) is 19.9 Å². The second kappa shape index (κ2) is 9.35. The molecular formula is C25H21N5O3. The first-order valence-corrected chi connectivity index (χ1v) is 10.3. The second-order valence-electron chi connectivity index (χ2n) is 7.56. The summed E-state index contributed by atoms with van der Waals surface area (Å²) in [5.74, 6) is -2.57. The average molecular weight is 439 g/mol. The number of azo groups is 1. The molecule has 0 aromatic heterocycles. The van der Waals surface area contributed by atoms with E-state index in [-0.39, 0.29) is 0 Å². The molecule has 164 valence electrons. The van der Waals surface area contributed by atoms with Crippen molar-refractivity contribution in [1.82, 2.24) is 5.32 Å². The van der Waals surface area contributed by atoms with Crippen LogP contribution in [-0.4, -0.2) is 24.1 Å². The third-order valence-corrected chi connectivity index (χ3v) is 5.10. The van der Waals surface area contributed by atoms with Gasteiger partial charge in [0.1, 0.15) is 0 Å². The molecule has 1 atom stereocenters. The van der Waals surface area contributed by atoms with Crippen LogP contribution in [0.4, 0.5) is 27.5 Å². The van der Waals surface area contributed by atoms with Gasteiger partial charge >= 0.3 is 6.03 Å². The zero-order valence-corrected chi connectivity index (χ0v) is 18.1. The van der Waals surface area contributed by atoms with E-state index in [0.29, 0.717) is 17.1 Å². The highest BCUT2D eigenvalue weighted by Gasteiger charge is 2.40. The third kappa shape index (κ3) is 4.90. The minimum absolute atomic E-state index is 0.425. The van der Waals surface area contributed by atoms with Gasteiger partial charge in [0, 0.05) is 6.21 Å².